The molecule has 0 bridgehead atoms. The average molecular weight is 387 g/mol. The number of nitrogens with zero attached hydrogens (tertiary/aromatic N) is 1. The Hall–Kier alpha value is -2.71. The molecule has 0 aliphatic carbocycles. The summed E-state index contributed by atoms with van der Waals surface area (Å²) in [5, 5.41) is 0. The van der Waals surface area contributed by atoms with E-state index in [-0.39, 0.29) is 22.8 Å². The summed E-state index contributed by atoms with van der Waals surface area (Å²) < 4.78 is 24.0. The van der Waals surface area contributed by atoms with Gasteiger partial charge >= 0.3 is 0 Å². The van der Waals surface area contributed by atoms with Crippen molar-refractivity contribution in [2.24, 2.45) is 11.5 Å². The van der Waals surface area contributed by atoms with Crippen LogP contribution in [0.1, 0.15) is 21.8 Å². The summed E-state index contributed by atoms with van der Waals surface area (Å²) >= 11 is 0. The second-order valence-corrected chi connectivity index (χ2v) is 8.63. The highest BCUT2D eigenvalue weighted by Gasteiger charge is 2.34. The quantitative estimate of drug-likeness (QED) is 0.774. The van der Waals surface area contributed by atoms with Gasteiger partial charge in [0, 0.05) is 30.6 Å². The molecule has 0 spiro atoms. The van der Waals surface area contributed by atoms with Crippen molar-refractivity contribution in [1.29, 1.82) is 0 Å². The van der Waals surface area contributed by atoms with Gasteiger partial charge in [-0.3, -0.25) is 9.59 Å². The van der Waals surface area contributed by atoms with Crippen LogP contribution in [0.4, 0.5) is 0 Å². The van der Waals surface area contributed by atoms with Gasteiger partial charge in [0.25, 0.3) is 5.91 Å². The number of carbonyl (C=O) groups is 2. The van der Waals surface area contributed by atoms with Crippen LogP contribution in [0.3, 0.4) is 0 Å². The zero-order valence-corrected chi connectivity index (χ0v) is 15.4. The molecule has 2 aromatic rings. The van der Waals surface area contributed by atoms with Gasteiger partial charge in [-0.15, -0.1) is 0 Å². The second-order valence-electron chi connectivity index (χ2n) is 6.64. The van der Waals surface area contributed by atoms with Gasteiger partial charge in [-0.05, 0) is 29.8 Å². The Morgan fingerprint density at radius 2 is 1.63 bits per heavy atom. The highest BCUT2D eigenvalue weighted by molar-refractivity contribution is 7.92. The van der Waals surface area contributed by atoms with E-state index in [4.69, 9.17) is 11.5 Å². The highest BCUT2D eigenvalue weighted by atomic mass is 32.2. The molecule has 1 saturated heterocycles. The fourth-order valence-corrected chi connectivity index (χ4v) is 4.40. The summed E-state index contributed by atoms with van der Waals surface area (Å²) in [7, 11) is -3.79. The molecule has 2 aromatic carbocycles. The molecular weight excluding hydrogens is 366 g/mol. The first-order valence-corrected chi connectivity index (χ1v) is 10.1. The van der Waals surface area contributed by atoms with Crippen LogP contribution >= 0.6 is 0 Å². The van der Waals surface area contributed by atoms with Crippen molar-refractivity contribution in [3.63, 3.8) is 0 Å². The van der Waals surface area contributed by atoms with Crippen molar-refractivity contribution in [2.75, 3.05) is 18.8 Å². The molecule has 2 atom stereocenters. The molecule has 142 valence electrons. The van der Waals surface area contributed by atoms with Crippen LogP contribution in [-0.2, 0) is 14.6 Å². The van der Waals surface area contributed by atoms with E-state index in [0.717, 1.165) is 5.56 Å². The normalized spacial score (nSPS) is 19.8. The van der Waals surface area contributed by atoms with E-state index < -0.39 is 21.5 Å². The molecule has 0 unspecified atom stereocenters. The van der Waals surface area contributed by atoms with Gasteiger partial charge in [0.15, 0.2) is 9.84 Å². The van der Waals surface area contributed by atoms with E-state index in [9.17, 15) is 18.0 Å². The van der Waals surface area contributed by atoms with Crippen LogP contribution in [-0.4, -0.2) is 50.0 Å². The van der Waals surface area contributed by atoms with Gasteiger partial charge in [0.1, 0.15) is 5.75 Å². The van der Waals surface area contributed by atoms with Crippen LogP contribution in [0, 0.1) is 0 Å². The van der Waals surface area contributed by atoms with Crippen LogP contribution < -0.4 is 11.5 Å². The van der Waals surface area contributed by atoms with E-state index in [1.807, 2.05) is 30.3 Å². The summed E-state index contributed by atoms with van der Waals surface area (Å²) in [4.78, 5) is 25.3. The van der Waals surface area contributed by atoms with Crippen LogP contribution in [0.15, 0.2) is 59.5 Å². The zero-order chi connectivity index (χ0) is 19.6. The maximum atomic E-state index is 12.8. The molecule has 0 radical (unpaired) electrons. The number of primary amides is 1. The van der Waals surface area contributed by atoms with Crippen molar-refractivity contribution in [1.82, 2.24) is 4.90 Å². The summed E-state index contributed by atoms with van der Waals surface area (Å²) in [6.07, 6.45) is 0. The third kappa shape index (κ3) is 4.17. The van der Waals surface area contributed by atoms with E-state index in [0.29, 0.717) is 18.7 Å². The topological polar surface area (TPSA) is 124 Å². The molecule has 4 N–H and O–H groups in total. The summed E-state index contributed by atoms with van der Waals surface area (Å²) in [5.74, 6) is -1.83. The number of sulfone groups is 1. The predicted octanol–water partition coefficient (Wildman–Crippen LogP) is 0.513. The monoisotopic (exact) mass is 387 g/mol. The van der Waals surface area contributed by atoms with Crippen molar-refractivity contribution in [3.8, 4) is 0 Å². The first-order chi connectivity index (χ1) is 12.8. The van der Waals surface area contributed by atoms with E-state index in [1.54, 1.807) is 4.90 Å². The van der Waals surface area contributed by atoms with Gasteiger partial charge < -0.3 is 16.4 Å². The number of hydrogen-bond acceptors (Lipinski definition) is 5. The Labute approximate surface area is 157 Å². The largest absolute Gasteiger partial charge is 0.369 e. The standard InChI is InChI=1S/C19H21N3O4S/c20-17-11-22(10-16(17)13-4-2-1-3-5-13)19(24)14-6-8-15(9-7-14)27(25,26)12-18(21)23/h1-9,16-17H,10-12,20H2,(H2,21,23)/t16-,17+/m0/s1. The fraction of sp³-hybridized carbons (Fsp3) is 0.263. The number of benzene rings is 2. The van der Waals surface area contributed by atoms with Crippen molar-refractivity contribution >= 4 is 21.7 Å². The number of likely N-dealkylation sites (tertiary alicyclic amines) is 1. The number of hydrogen-bond donors (Lipinski definition) is 2. The lowest BCUT2D eigenvalue weighted by molar-refractivity contribution is -0.115. The third-order valence-electron chi connectivity index (χ3n) is 4.67. The maximum absolute atomic E-state index is 12.8. The lowest BCUT2D eigenvalue weighted by Gasteiger charge is -2.17. The van der Waals surface area contributed by atoms with Gasteiger partial charge in [0.2, 0.25) is 5.91 Å². The predicted molar refractivity (Wildman–Crippen MR) is 101 cm³/mol. The maximum Gasteiger partial charge on any atom is 0.253 e. The summed E-state index contributed by atoms with van der Waals surface area (Å²) in [6, 6.07) is 15.2. The minimum absolute atomic E-state index is 0.0434. The molecule has 1 heterocycles. The van der Waals surface area contributed by atoms with Gasteiger partial charge in [-0.2, -0.15) is 0 Å². The molecule has 0 aromatic heterocycles. The molecule has 1 aliphatic rings. The summed E-state index contributed by atoms with van der Waals surface area (Å²) in [5.41, 5.74) is 12.6. The Bertz CT molecular complexity index is 943. The van der Waals surface area contributed by atoms with Gasteiger partial charge in [-0.25, -0.2) is 8.42 Å². The molecule has 2 amide bonds. The zero-order valence-electron chi connectivity index (χ0n) is 14.6. The van der Waals surface area contributed by atoms with Crippen molar-refractivity contribution < 1.29 is 18.0 Å². The van der Waals surface area contributed by atoms with Crippen LogP contribution in [0.5, 0.6) is 0 Å². The number of amides is 2. The first-order valence-electron chi connectivity index (χ1n) is 8.49. The molecule has 7 nitrogen and oxygen atoms in total. The molecule has 1 fully saturated rings. The Balaban J connectivity index is 1.74. The Kier molecular flexibility index (Phi) is 5.29. The molecule has 27 heavy (non-hydrogen) atoms. The van der Waals surface area contributed by atoms with Crippen molar-refractivity contribution in [2.45, 2.75) is 16.9 Å². The number of rotatable bonds is 5. The summed E-state index contributed by atoms with van der Waals surface area (Å²) in [6.45, 7) is 0.936. The first kappa shape index (κ1) is 19.1. The number of nitrogens with two attached hydrogens (primary N) is 2. The lowest BCUT2D eigenvalue weighted by atomic mass is 9.95. The molecular formula is C19H21N3O4S. The van der Waals surface area contributed by atoms with Crippen LogP contribution in [0.25, 0.3) is 0 Å². The minimum Gasteiger partial charge on any atom is -0.369 e. The highest BCUT2D eigenvalue weighted by Crippen LogP contribution is 2.27. The smallest absolute Gasteiger partial charge is 0.253 e. The molecule has 3 rings (SSSR count). The van der Waals surface area contributed by atoms with Gasteiger partial charge in [0.05, 0.1) is 4.90 Å². The van der Waals surface area contributed by atoms with Crippen LogP contribution in [0.2, 0.25) is 0 Å². The SMILES string of the molecule is NC(=O)CS(=O)(=O)c1ccc(C(=O)N2C[C@@H](N)[C@H](c3ccccc3)C2)cc1. The van der Waals surface area contributed by atoms with E-state index >= 15 is 0 Å². The molecule has 0 saturated carbocycles. The second kappa shape index (κ2) is 7.50. The lowest BCUT2D eigenvalue weighted by Crippen LogP contribution is -2.32. The minimum atomic E-state index is -3.79. The Morgan fingerprint density at radius 3 is 2.22 bits per heavy atom. The van der Waals surface area contributed by atoms with Gasteiger partial charge in [-0.1, -0.05) is 30.3 Å². The molecule has 1 aliphatic heterocycles. The fourth-order valence-electron chi connectivity index (χ4n) is 3.31. The number of carbonyl (C=O) groups excluding carboxylic acids is 2. The average Bonchev–Trinajstić information content (AvgIpc) is 3.02. The van der Waals surface area contributed by atoms with E-state index in [2.05, 4.69) is 0 Å². The molecule has 8 heteroatoms. The van der Waals surface area contributed by atoms with E-state index in [1.165, 1.54) is 24.3 Å². The Morgan fingerprint density at radius 1 is 1.00 bits per heavy atom. The third-order valence-corrected chi connectivity index (χ3v) is 6.33. The van der Waals surface area contributed by atoms with Crippen molar-refractivity contribution in [3.05, 3.63) is 65.7 Å².